The molecule has 10 heteroatoms. The molecule has 1 saturated heterocycles. The second-order valence-corrected chi connectivity index (χ2v) is 6.77. The van der Waals surface area contributed by atoms with Crippen LogP contribution in [0.15, 0.2) is 29.3 Å². The quantitative estimate of drug-likeness (QED) is 0.674. The Bertz CT molecular complexity index is 1020. The average molecular weight is 393 g/mol. The highest BCUT2D eigenvalue weighted by molar-refractivity contribution is 6.34. The van der Waals surface area contributed by atoms with Gasteiger partial charge in [-0.1, -0.05) is 11.6 Å². The van der Waals surface area contributed by atoms with Crippen molar-refractivity contribution in [1.29, 1.82) is 0 Å². The van der Waals surface area contributed by atoms with Gasteiger partial charge in [-0.15, -0.1) is 0 Å². The van der Waals surface area contributed by atoms with E-state index in [9.17, 15) is 9.59 Å². The van der Waals surface area contributed by atoms with E-state index in [0.717, 1.165) is 0 Å². The second-order valence-electron chi connectivity index (χ2n) is 6.05. The molecule has 3 aromatic heterocycles. The van der Waals surface area contributed by atoms with Crippen molar-refractivity contribution >= 4 is 40.1 Å². The molecular weight excluding hydrogens is 379 g/mol. The van der Waals surface area contributed by atoms with Crippen LogP contribution < -0.4 is 5.56 Å². The Hall–Kier alpha value is -2.45. The monoisotopic (exact) mass is 392 g/mol. The number of aromatic amines is 1. The van der Waals surface area contributed by atoms with Crippen LogP contribution in [-0.4, -0.2) is 48.6 Å². The topological polar surface area (TPSA) is 96.8 Å². The van der Waals surface area contributed by atoms with E-state index in [4.69, 9.17) is 23.2 Å². The third-order valence-electron chi connectivity index (χ3n) is 4.49. The number of nitrogens with one attached hydrogen (secondary N) is 1. The lowest BCUT2D eigenvalue weighted by Crippen LogP contribution is -2.39. The number of nitrogens with zero attached hydrogens (tertiary/aromatic N) is 5. The van der Waals surface area contributed by atoms with Gasteiger partial charge >= 0.3 is 0 Å². The van der Waals surface area contributed by atoms with Gasteiger partial charge in [0.15, 0.2) is 10.7 Å². The number of H-pyrrole nitrogens is 1. The number of piperidine rings is 1. The number of pyridine rings is 1. The molecule has 1 N–H and O–H groups in total. The van der Waals surface area contributed by atoms with E-state index < -0.39 is 0 Å². The molecule has 0 spiro atoms. The van der Waals surface area contributed by atoms with Crippen molar-refractivity contribution in [3.8, 4) is 0 Å². The summed E-state index contributed by atoms with van der Waals surface area (Å²) in [6.07, 6.45) is 4.50. The van der Waals surface area contributed by atoms with Gasteiger partial charge in [-0.3, -0.25) is 24.2 Å². The maximum atomic E-state index is 12.5. The summed E-state index contributed by atoms with van der Waals surface area (Å²) in [6, 6.07) is 3.44. The minimum Gasteiger partial charge on any atom is -0.338 e. The Kier molecular flexibility index (Phi) is 4.37. The van der Waals surface area contributed by atoms with E-state index in [1.54, 1.807) is 34.1 Å². The van der Waals surface area contributed by atoms with Crippen molar-refractivity contribution in [2.75, 3.05) is 13.1 Å². The van der Waals surface area contributed by atoms with Crippen LogP contribution in [0.4, 0.5) is 0 Å². The smallest absolute Gasteiger partial charge is 0.278 e. The van der Waals surface area contributed by atoms with Crippen LogP contribution in [0.5, 0.6) is 0 Å². The van der Waals surface area contributed by atoms with Crippen LogP contribution in [0.3, 0.4) is 0 Å². The van der Waals surface area contributed by atoms with Crippen molar-refractivity contribution in [2.45, 2.75) is 18.9 Å². The summed E-state index contributed by atoms with van der Waals surface area (Å²) in [7, 11) is 0. The molecule has 4 rings (SSSR count). The zero-order valence-corrected chi connectivity index (χ0v) is 15.0. The highest BCUT2D eigenvalue weighted by Crippen LogP contribution is 2.28. The van der Waals surface area contributed by atoms with Gasteiger partial charge in [0.2, 0.25) is 5.28 Å². The van der Waals surface area contributed by atoms with Crippen LogP contribution in [0.1, 0.15) is 29.2 Å². The number of fused-ring (bicyclic) bond motifs is 1. The number of hydrogen-bond acceptors (Lipinski definition) is 5. The summed E-state index contributed by atoms with van der Waals surface area (Å²) in [5.74, 6) is -0.0498. The number of rotatable bonds is 2. The third kappa shape index (κ3) is 2.95. The van der Waals surface area contributed by atoms with E-state index in [1.807, 2.05) is 0 Å². The van der Waals surface area contributed by atoms with E-state index in [1.165, 1.54) is 0 Å². The molecule has 8 nitrogen and oxygen atoms in total. The summed E-state index contributed by atoms with van der Waals surface area (Å²) in [5, 5.41) is 4.38. The molecule has 0 aliphatic carbocycles. The van der Waals surface area contributed by atoms with Crippen molar-refractivity contribution in [3.63, 3.8) is 0 Å². The molecule has 1 fully saturated rings. The van der Waals surface area contributed by atoms with Gasteiger partial charge in [0, 0.05) is 25.5 Å². The van der Waals surface area contributed by atoms with E-state index in [-0.39, 0.29) is 33.5 Å². The lowest BCUT2D eigenvalue weighted by molar-refractivity contribution is 0.0691. The third-order valence-corrected chi connectivity index (χ3v) is 4.93. The molecule has 0 radical (unpaired) electrons. The largest absolute Gasteiger partial charge is 0.338 e. The number of carbonyl (C=O) groups is 1. The minimum absolute atomic E-state index is 0.0270. The fraction of sp³-hybridized carbons (Fsp3) is 0.312. The first-order valence-electron chi connectivity index (χ1n) is 8.07. The summed E-state index contributed by atoms with van der Waals surface area (Å²) in [6.45, 7) is 1.10. The molecule has 1 aliphatic heterocycles. The van der Waals surface area contributed by atoms with Crippen molar-refractivity contribution in [1.82, 2.24) is 29.6 Å². The minimum atomic E-state index is -0.381. The summed E-state index contributed by atoms with van der Waals surface area (Å²) in [5.41, 5.74) is 0.771. The van der Waals surface area contributed by atoms with Gasteiger partial charge < -0.3 is 4.90 Å². The predicted molar refractivity (Wildman–Crippen MR) is 96.6 cm³/mol. The fourth-order valence-corrected chi connectivity index (χ4v) is 3.62. The average Bonchev–Trinajstić information content (AvgIpc) is 2.99. The van der Waals surface area contributed by atoms with Gasteiger partial charge in [0.1, 0.15) is 5.52 Å². The van der Waals surface area contributed by atoms with E-state index in [0.29, 0.717) is 37.0 Å². The maximum absolute atomic E-state index is 12.5. The first-order valence-corrected chi connectivity index (χ1v) is 8.83. The van der Waals surface area contributed by atoms with Gasteiger partial charge in [0.05, 0.1) is 11.6 Å². The van der Waals surface area contributed by atoms with Gasteiger partial charge in [-0.25, -0.2) is 4.98 Å². The Morgan fingerprint density at radius 3 is 2.73 bits per heavy atom. The lowest BCUT2D eigenvalue weighted by atomic mass is 10.0. The number of likely N-dealkylation sites (tertiary alicyclic amines) is 1. The Morgan fingerprint density at radius 2 is 2.04 bits per heavy atom. The molecule has 3 aromatic rings. The van der Waals surface area contributed by atoms with Crippen LogP contribution >= 0.6 is 23.2 Å². The SMILES string of the molecule is O=C(c1cccnc1)N1CCC(n2nc(Cl)c3nc(Cl)[nH]c(=O)c32)CC1. The number of carbonyl (C=O) groups excluding carboxylic acids is 1. The number of amides is 1. The predicted octanol–water partition coefficient (Wildman–Crippen LogP) is 2.30. The summed E-state index contributed by atoms with van der Waals surface area (Å²) in [4.78, 5) is 37.1. The number of aromatic nitrogens is 5. The molecule has 0 aromatic carbocycles. The number of halogens is 2. The molecule has 0 atom stereocenters. The molecule has 134 valence electrons. The zero-order chi connectivity index (χ0) is 18.3. The van der Waals surface area contributed by atoms with Gasteiger partial charge in [-0.2, -0.15) is 5.10 Å². The van der Waals surface area contributed by atoms with Crippen molar-refractivity contribution < 1.29 is 4.79 Å². The van der Waals surface area contributed by atoms with Crippen LogP contribution in [0.2, 0.25) is 10.4 Å². The van der Waals surface area contributed by atoms with E-state index >= 15 is 0 Å². The molecule has 1 aliphatic rings. The van der Waals surface area contributed by atoms with Gasteiger partial charge in [0.25, 0.3) is 11.5 Å². The Labute approximate surface area is 157 Å². The van der Waals surface area contributed by atoms with Crippen LogP contribution in [0, 0.1) is 0 Å². The maximum Gasteiger partial charge on any atom is 0.278 e. The molecule has 4 heterocycles. The standard InChI is InChI=1S/C16H14Cl2N6O2/c17-13-11-12(14(25)21-16(18)20-11)24(22-13)10-3-6-23(7-4-10)15(26)9-2-1-5-19-8-9/h1-2,5,8,10H,3-4,6-7H2,(H,20,21,25). The fourth-order valence-electron chi connectivity index (χ4n) is 3.24. The first-order chi connectivity index (χ1) is 12.5. The highest BCUT2D eigenvalue weighted by atomic mass is 35.5. The molecule has 0 saturated carbocycles. The van der Waals surface area contributed by atoms with Crippen LogP contribution in [0.25, 0.3) is 11.0 Å². The highest BCUT2D eigenvalue weighted by Gasteiger charge is 2.28. The normalized spacial score (nSPS) is 15.5. The zero-order valence-electron chi connectivity index (χ0n) is 13.5. The van der Waals surface area contributed by atoms with Crippen molar-refractivity contribution in [3.05, 3.63) is 50.9 Å². The second kappa shape index (κ2) is 6.69. The molecule has 0 unspecified atom stereocenters. The van der Waals surface area contributed by atoms with E-state index in [2.05, 4.69) is 20.1 Å². The first kappa shape index (κ1) is 17.0. The summed E-state index contributed by atoms with van der Waals surface area (Å²) < 4.78 is 1.60. The molecule has 26 heavy (non-hydrogen) atoms. The molecule has 0 bridgehead atoms. The molecule has 1 amide bonds. The lowest BCUT2D eigenvalue weighted by Gasteiger charge is -2.32. The van der Waals surface area contributed by atoms with Crippen molar-refractivity contribution in [2.24, 2.45) is 0 Å². The Balaban J connectivity index is 1.57. The van der Waals surface area contributed by atoms with Gasteiger partial charge in [-0.05, 0) is 36.6 Å². The van der Waals surface area contributed by atoms with Crippen LogP contribution in [-0.2, 0) is 0 Å². The number of hydrogen-bond donors (Lipinski definition) is 1. The Morgan fingerprint density at radius 1 is 1.27 bits per heavy atom. The summed E-state index contributed by atoms with van der Waals surface area (Å²) >= 11 is 11.9. The molecular formula is C16H14Cl2N6O2.